The number of carboxylic acid groups (broad SMARTS) is 1. The maximum absolute atomic E-state index is 12.7. The van der Waals surface area contributed by atoms with Gasteiger partial charge in [0, 0.05) is 12.8 Å². The highest BCUT2D eigenvalue weighted by Crippen LogP contribution is 2.17. The van der Waals surface area contributed by atoms with Crippen LogP contribution < -0.4 is 10.6 Å². The topological polar surface area (TPSA) is 142 Å². The molecule has 0 fully saturated rings. The number of unbranched alkanes of at least 4 members (excludes halogenated alkanes) is 28. The highest BCUT2D eigenvalue weighted by Gasteiger charge is 2.18. The highest BCUT2D eigenvalue weighted by molar-refractivity contribution is 5.87. The van der Waals surface area contributed by atoms with E-state index in [4.69, 9.17) is 14.9 Å². The van der Waals surface area contributed by atoms with Crippen molar-refractivity contribution in [3.63, 3.8) is 0 Å². The third kappa shape index (κ3) is 38.2. The van der Waals surface area contributed by atoms with Gasteiger partial charge in [0.15, 0.2) is 0 Å². The summed E-state index contributed by atoms with van der Waals surface area (Å²) in [4.78, 5) is 47.5. The molecule has 4 N–H and O–H groups in total. The summed E-state index contributed by atoms with van der Waals surface area (Å²) >= 11 is 0. The second-order valence-corrected chi connectivity index (χ2v) is 15.9. The van der Waals surface area contributed by atoms with Crippen LogP contribution in [0.1, 0.15) is 232 Å². The normalized spacial score (nSPS) is 12.5. The Morgan fingerprint density at radius 1 is 0.545 bits per heavy atom. The van der Waals surface area contributed by atoms with Crippen LogP contribution in [-0.2, 0) is 23.9 Å². The number of hydrogen-bond acceptors (Lipinski definition) is 6. The number of aliphatic hydroxyl groups is 1. The van der Waals surface area contributed by atoms with Crippen molar-refractivity contribution in [3.8, 4) is 0 Å². The third-order valence-electron chi connectivity index (χ3n) is 10.5. The Balaban J connectivity index is 4.05. The van der Waals surface area contributed by atoms with E-state index in [1.54, 1.807) is 0 Å². The van der Waals surface area contributed by atoms with Crippen LogP contribution in [0.25, 0.3) is 0 Å². The number of carbonyl (C=O) groups is 4. The number of hydrogen-bond donors (Lipinski definition) is 4. The van der Waals surface area contributed by atoms with Gasteiger partial charge in [-0.3, -0.25) is 14.4 Å². The summed E-state index contributed by atoms with van der Waals surface area (Å²) in [5.41, 5.74) is 0. The minimum Gasteiger partial charge on any atom is -0.480 e. The molecule has 2 unspecified atom stereocenters. The molecule has 0 bridgehead atoms. The van der Waals surface area contributed by atoms with Crippen LogP contribution in [0, 0.1) is 0 Å². The summed E-state index contributed by atoms with van der Waals surface area (Å²) < 4.78 is 5.91. The molecule has 0 heterocycles. The summed E-state index contributed by atoms with van der Waals surface area (Å²) in [6, 6.07) is -1.39. The predicted molar refractivity (Wildman–Crippen MR) is 227 cm³/mol. The van der Waals surface area contributed by atoms with Crippen molar-refractivity contribution in [2.24, 2.45) is 0 Å². The van der Waals surface area contributed by atoms with Crippen molar-refractivity contribution >= 4 is 23.8 Å². The van der Waals surface area contributed by atoms with Crippen molar-refractivity contribution in [2.45, 2.75) is 244 Å². The van der Waals surface area contributed by atoms with E-state index in [9.17, 15) is 19.2 Å². The van der Waals surface area contributed by atoms with Gasteiger partial charge in [-0.2, -0.15) is 0 Å². The molecular weight excluding hydrogens is 693 g/mol. The molecule has 0 aliphatic carbocycles. The number of amides is 2. The Morgan fingerprint density at radius 3 is 1.42 bits per heavy atom. The lowest BCUT2D eigenvalue weighted by atomic mass is 10.0. The van der Waals surface area contributed by atoms with E-state index in [-0.39, 0.29) is 30.9 Å². The number of ether oxygens (including phenoxy) is 1. The lowest BCUT2D eigenvalue weighted by Crippen LogP contribution is -2.47. The van der Waals surface area contributed by atoms with E-state index < -0.39 is 24.5 Å². The summed E-state index contributed by atoms with van der Waals surface area (Å²) in [6.45, 7) is 3.45. The van der Waals surface area contributed by atoms with Gasteiger partial charge in [0.2, 0.25) is 11.8 Å². The number of aliphatic hydroxyl groups excluding tert-OH is 1. The van der Waals surface area contributed by atoms with Gasteiger partial charge in [0.25, 0.3) is 0 Å². The van der Waals surface area contributed by atoms with E-state index in [1.165, 1.54) is 148 Å². The molecule has 0 aromatic rings. The van der Waals surface area contributed by atoms with Crippen molar-refractivity contribution in [3.05, 3.63) is 12.2 Å². The number of nitrogens with one attached hydrogen (secondary N) is 2. The van der Waals surface area contributed by atoms with Crippen LogP contribution in [0.5, 0.6) is 0 Å². The molecule has 9 heteroatoms. The number of rotatable bonds is 42. The first-order chi connectivity index (χ1) is 26.8. The van der Waals surface area contributed by atoms with Gasteiger partial charge in [-0.05, 0) is 44.6 Å². The Morgan fingerprint density at radius 2 is 0.964 bits per heavy atom. The summed E-state index contributed by atoms with van der Waals surface area (Å²) in [5.74, 6) is -2.38. The maximum Gasteiger partial charge on any atom is 0.328 e. The van der Waals surface area contributed by atoms with Crippen LogP contribution >= 0.6 is 0 Å². The monoisotopic (exact) mass is 779 g/mol. The molecule has 55 heavy (non-hydrogen) atoms. The van der Waals surface area contributed by atoms with E-state index in [2.05, 4.69) is 36.6 Å². The molecule has 0 aliphatic rings. The summed E-state index contributed by atoms with van der Waals surface area (Å²) in [5, 5.41) is 22.5. The second-order valence-electron chi connectivity index (χ2n) is 15.9. The van der Waals surface area contributed by atoms with Crippen LogP contribution in [0.4, 0.5) is 0 Å². The smallest absolute Gasteiger partial charge is 0.328 e. The Kier molecular flexibility index (Phi) is 39.4. The third-order valence-corrected chi connectivity index (χ3v) is 10.5. The molecule has 0 rings (SSSR count). The first kappa shape index (κ1) is 52.6. The molecule has 2 amide bonds. The number of aliphatic carboxylic acids is 1. The van der Waals surface area contributed by atoms with Crippen molar-refractivity contribution in [2.75, 3.05) is 13.2 Å². The molecule has 0 aromatic carbocycles. The van der Waals surface area contributed by atoms with Crippen molar-refractivity contribution in [1.29, 1.82) is 0 Å². The number of carboxylic acids is 1. The molecule has 2 atom stereocenters. The lowest BCUT2D eigenvalue weighted by molar-refractivity contribution is -0.147. The van der Waals surface area contributed by atoms with Gasteiger partial charge in [0.1, 0.15) is 12.1 Å². The van der Waals surface area contributed by atoms with Crippen LogP contribution in [0.3, 0.4) is 0 Å². The first-order valence-corrected chi connectivity index (χ1v) is 23.1. The Bertz CT molecular complexity index is 941. The fraction of sp³-hybridized carbons (Fsp3) is 0.870. The van der Waals surface area contributed by atoms with Gasteiger partial charge in [-0.25, -0.2) is 4.79 Å². The first-order valence-electron chi connectivity index (χ1n) is 23.1. The molecule has 0 spiro atoms. The highest BCUT2D eigenvalue weighted by atomic mass is 16.5. The fourth-order valence-corrected chi connectivity index (χ4v) is 6.92. The van der Waals surface area contributed by atoms with E-state index in [0.29, 0.717) is 12.8 Å². The van der Waals surface area contributed by atoms with Crippen LogP contribution in [0.15, 0.2) is 12.2 Å². The molecule has 9 nitrogen and oxygen atoms in total. The zero-order valence-electron chi connectivity index (χ0n) is 35.7. The van der Waals surface area contributed by atoms with Gasteiger partial charge < -0.3 is 25.6 Å². The predicted octanol–water partition coefficient (Wildman–Crippen LogP) is 11.4. The molecule has 0 saturated heterocycles. The fourth-order valence-electron chi connectivity index (χ4n) is 6.92. The van der Waals surface area contributed by atoms with Crippen LogP contribution in [-0.4, -0.2) is 59.3 Å². The minimum atomic E-state index is -1.39. The largest absolute Gasteiger partial charge is 0.480 e. The Labute approximate surface area is 337 Å². The number of esters is 1. The molecule has 0 saturated carbocycles. The number of carbonyl (C=O) groups excluding carboxylic acids is 3. The van der Waals surface area contributed by atoms with Gasteiger partial charge >= 0.3 is 11.9 Å². The van der Waals surface area contributed by atoms with Crippen molar-refractivity contribution in [1.82, 2.24) is 10.6 Å². The van der Waals surface area contributed by atoms with Gasteiger partial charge in [-0.15, -0.1) is 0 Å². The van der Waals surface area contributed by atoms with Gasteiger partial charge in [0.05, 0.1) is 13.2 Å². The maximum atomic E-state index is 12.7. The van der Waals surface area contributed by atoms with E-state index in [1.807, 2.05) is 0 Å². The SMILES string of the molecule is CCCCCCC/C=C\C(CCCCCCC(=O)NCC(=O)NC(CO)C(=O)O)OC(=O)CCCCCCCCCCCCCCCCCCCCCCC. The Hall–Kier alpha value is -2.42. The molecular formula is C46H86N2O7. The van der Waals surface area contributed by atoms with Crippen LogP contribution in [0.2, 0.25) is 0 Å². The zero-order chi connectivity index (χ0) is 40.5. The quantitative estimate of drug-likeness (QED) is 0.0274. The summed E-state index contributed by atoms with van der Waals surface area (Å²) in [6.07, 6.45) is 44.2. The molecule has 0 radical (unpaired) electrons. The van der Waals surface area contributed by atoms with E-state index >= 15 is 0 Å². The molecule has 0 aromatic heterocycles. The van der Waals surface area contributed by atoms with E-state index in [0.717, 1.165) is 51.4 Å². The molecule has 322 valence electrons. The van der Waals surface area contributed by atoms with Crippen molar-refractivity contribution < 1.29 is 34.1 Å². The average molecular weight is 779 g/mol. The second kappa shape index (κ2) is 41.2. The summed E-state index contributed by atoms with van der Waals surface area (Å²) in [7, 11) is 0. The average Bonchev–Trinajstić information content (AvgIpc) is 3.17. The number of allylic oxidation sites excluding steroid dienone is 1. The lowest BCUT2D eigenvalue weighted by Gasteiger charge is -2.15. The standard InChI is InChI=1S/C46H86N2O7/c1-3-5-7-9-11-12-13-14-15-16-17-18-19-20-21-22-23-24-26-28-34-38-45(52)55-41(35-31-27-25-10-8-6-4-2)36-32-29-30-33-37-43(50)47-39-44(51)48-42(40-49)46(53)54/h31,35,41-42,49H,3-30,32-34,36-40H2,1-2H3,(H,47,50)(H,48,51)(H,53,54)/b35-31-. The van der Waals surface area contributed by atoms with Gasteiger partial charge in [-0.1, -0.05) is 187 Å². The zero-order valence-corrected chi connectivity index (χ0v) is 35.7. The minimum absolute atomic E-state index is 0.107. The molecule has 0 aliphatic heterocycles.